The minimum atomic E-state index is -0.188. The van der Waals surface area contributed by atoms with Crippen molar-refractivity contribution in [2.75, 3.05) is 19.0 Å². The molecule has 1 heterocycles. The summed E-state index contributed by atoms with van der Waals surface area (Å²) in [6, 6.07) is 7.91. The van der Waals surface area contributed by atoms with E-state index in [-0.39, 0.29) is 5.91 Å². The van der Waals surface area contributed by atoms with Gasteiger partial charge in [-0.2, -0.15) is 0 Å². The SMILES string of the molecule is CN(C)c1ccc(/C=C2/NC(=S)NC2=O)cc1. The van der Waals surface area contributed by atoms with Crippen molar-refractivity contribution < 1.29 is 4.79 Å². The van der Waals surface area contributed by atoms with Crippen LogP contribution in [0.2, 0.25) is 0 Å². The number of hydrogen-bond donors (Lipinski definition) is 2. The van der Waals surface area contributed by atoms with Crippen LogP contribution in [0.4, 0.5) is 5.69 Å². The lowest BCUT2D eigenvalue weighted by Gasteiger charge is -2.11. The van der Waals surface area contributed by atoms with Crippen molar-refractivity contribution in [1.82, 2.24) is 10.6 Å². The van der Waals surface area contributed by atoms with E-state index >= 15 is 0 Å². The van der Waals surface area contributed by atoms with Crippen molar-refractivity contribution >= 4 is 35.0 Å². The maximum Gasteiger partial charge on any atom is 0.273 e. The maximum atomic E-state index is 11.4. The van der Waals surface area contributed by atoms with Crippen LogP contribution in [-0.4, -0.2) is 25.1 Å². The van der Waals surface area contributed by atoms with E-state index in [1.165, 1.54) is 0 Å². The number of carbonyl (C=O) groups is 1. The molecule has 0 radical (unpaired) electrons. The van der Waals surface area contributed by atoms with E-state index in [1.807, 2.05) is 43.3 Å². The Bertz CT molecular complexity index is 491. The highest BCUT2D eigenvalue weighted by Crippen LogP contribution is 2.14. The summed E-state index contributed by atoms with van der Waals surface area (Å²) >= 11 is 4.85. The third kappa shape index (κ3) is 2.62. The maximum absolute atomic E-state index is 11.4. The molecule has 0 aliphatic carbocycles. The summed E-state index contributed by atoms with van der Waals surface area (Å²) in [5, 5.41) is 5.69. The van der Waals surface area contributed by atoms with Crippen LogP contribution in [0.5, 0.6) is 0 Å². The van der Waals surface area contributed by atoms with E-state index in [1.54, 1.807) is 6.08 Å². The number of hydrogen-bond acceptors (Lipinski definition) is 3. The predicted octanol–water partition coefficient (Wildman–Crippen LogP) is 1.10. The molecule has 1 aromatic carbocycles. The molecular weight excluding hydrogens is 234 g/mol. The molecule has 1 saturated heterocycles. The average molecular weight is 247 g/mol. The number of carbonyl (C=O) groups excluding carboxylic acids is 1. The molecule has 1 aliphatic rings. The second-order valence-electron chi connectivity index (χ2n) is 3.95. The van der Waals surface area contributed by atoms with Crippen molar-refractivity contribution in [3.63, 3.8) is 0 Å². The smallest absolute Gasteiger partial charge is 0.273 e. The van der Waals surface area contributed by atoms with Gasteiger partial charge in [-0.1, -0.05) is 12.1 Å². The first-order valence-corrected chi connectivity index (χ1v) is 5.58. The number of nitrogens with one attached hydrogen (secondary N) is 2. The fourth-order valence-corrected chi connectivity index (χ4v) is 1.72. The summed E-state index contributed by atoms with van der Waals surface area (Å²) in [5.74, 6) is -0.188. The van der Waals surface area contributed by atoms with Gasteiger partial charge in [0.25, 0.3) is 5.91 Å². The molecule has 88 valence electrons. The molecule has 0 unspecified atom stereocenters. The molecule has 1 fully saturated rings. The van der Waals surface area contributed by atoms with Gasteiger partial charge in [-0.15, -0.1) is 0 Å². The van der Waals surface area contributed by atoms with Crippen molar-refractivity contribution in [2.24, 2.45) is 0 Å². The molecule has 17 heavy (non-hydrogen) atoms. The number of nitrogens with zero attached hydrogens (tertiary/aromatic N) is 1. The van der Waals surface area contributed by atoms with Crippen molar-refractivity contribution in [2.45, 2.75) is 0 Å². The van der Waals surface area contributed by atoms with Crippen LogP contribution >= 0.6 is 12.2 Å². The molecular formula is C12H13N3OS. The average Bonchev–Trinajstić information content (AvgIpc) is 2.58. The third-order valence-electron chi connectivity index (χ3n) is 2.44. The monoisotopic (exact) mass is 247 g/mol. The number of rotatable bonds is 2. The normalized spacial score (nSPS) is 16.9. The molecule has 0 aromatic heterocycles. The summed E-state index contributed by atoms with van der Waals surface area (Å²) in [4.78, 5) is 13.4. The topological polar surface area (TPSA) is 44.4 Å². The van der Waals surface area contributed by atoms with E-state index in [0.717, 1.165) is 11.3 Å². The van der Waals surface area contributed by atoms with Gasteiger partial charge in [0, 0.05) is 19.8 Å². The zero-order valence-electron chi connectivity index (χ0n) is 9.65. The number of anilines is 1. The van der Waals surface area contributed by atoms with Crippen LogP contribution in [0, 0.1) is 0 Å². The highest BCUT2D eigenvalue weighted by Gasteiger charge is 2.19. The van der Waals surface area contributed by atoms with Crippen LogP contribution in [-0.2, 0) is 4.79 Å². The predicted molar refractivity (Wildman–Crippen MR) is 72.6 cm³/mol. The quantitative estimate of drug-likeness (QED) is 0.607. The van der Waals surface area contributed by atoms with Gasteiger partial charge in [0.1, 0.15) is 5.70 Å². The summed E-state index contributed by atoms with van der Waals surface area (Å²) in [5.41, 5.74) is 2.55. The minimum Gasteiger partial charge on any atom is -0.378 e. The number of benzene rings is 1. The molecule has 4 nitrogen and oxygen atoms in total. The van der Waals surface area contributed by atoms with Crippen molar-refractivity contribution in [1.29, 1.82) is 0 Å². The van der Waals surface area contributed by atoms with Gasteiger partial charge >= 0.3 is 0 Å². The Balaban J connectivity index is 2.21. The largest absolute Gasteiger partial charge is 0.378 e. The fourth-order valence-electron chi connectivity index (χ4n) is 1.52. The van der Waals surface area contributed by atoms with Crippen LogP contribution in [0.3, 0.4) is 0 Å². The summed E-state index contributed by atoms with van der Waals surface area (Å²) in [6.07, 6.45) is 1.77. The molecule has 0 bridgehead atoms. The summed E-state index contributed by atoms with van der Waals surface area (Å²) < 4.78 is 0. The zero-order chi connectivity index (χ0) is 12.4. The highest BCUT2D eigenvalue weighted by molar-refractivity contribution is 7.80. The molecule has 0 atom stereocenters. The van der Waals surface area contributed by atoms with Gasteiger partial charge in [-0.3, -0.25) is 10.1 Å². The Hall–Kier alpha value is -1.88. The molecule has 1 amide bonds. The molecule has 5 heteroatoms. The summed E-state index contributed by atoms with van der Waals surface area (Å²) in [7, 11) is 3.97. The van der Waals surface area contributed by atoms with Gasteiger partial charge in [-0.05, 0) is 36.0 Å². The lowest BCUT2D eigenvalue weighted by molar-refractivity contribution is -0.115. The highest BCUT2D eigenvalue weighted by atomic mass is 32.1. The fraction of sp³-hybridized carbons (Fsp3) is 0.167. The first kappa shape index (κ1) is 11.6. The molecule has 1 aliphatic heterocycles. The van der Waals surface area contributed by atoms with Crippen LogP contribution in [0.25, 0.3) is 6.08 Å². The second kappa shape index (κ2) is 4.55. The molecule has 1 aromatic rings. The van der Waals surface area contributed by atoms with Gasteiger partial charge in [0.2, 0.25) is 0 Å². The number of thiocarbonyl (C=S) groups is 1. The van der Waals surface area contributed by atoms with E-state index < -0.39 is 0 Å². The first-order valence-electron chi connectivity index (χ1n) is 5.17. The Kier molecular flexibility index (Phi) is 3.10. The lowest BCUT2D eigenvalue weighted by atomic mass is 10.1. The van der Waals surface area contributed by atoms with Crippen molar-refractivity contribution in [3.05, 3.63) is 35.5 Å². The third-order valence-corrected chi connectivity index (χ3v) is 2.64. The number of amides is 1. The molecule has 2 rings (SSSR count). The zero-order valence-corrected chi connectivity index (χ0v) is 10.5. The minimum absolute atomic E-state index is 0.188. The van der Waals surface area contributed by atoms with Gasteiger partial charge in [0.05, 0.1) is 0 Å². The van der Waals surface area contributed by atoms with Crippen LogP contribution in [0.1, 0.15) is 5.56 Å². The first-order chi connectivity index (χ1) is 8.06. The summed E-state index contributed by atoms with van der Waals surface area (Å²) in [6.45, 7) is 0. The van der Waals surface area contributed by atoms with Gasteiger partial charge < -0.3 is 10.2 Å². The Morgan fingerprint density at radius 3 is 2.29 bits per heavy atom. The van der Waals surface area contributed by atoms with Gasteiger partial charge in [-0.25, -0.2) is 0 Å². The van der Waals surface area contributed by atoms with Crippen LogP contribution < -0.4 is 15.5 Å². The van der Waals surface area contributed by atoms with E-state index in [9.17, 15) is 4.79 Å². The Labute approximate surface area is 105 Å². The van der Waals surface area contributed by atoms with Gasteiger partial charge in [0.15, 0.2) is 5.11 Å². The molecule has 0 spiro atoms. The molecule has 2 N–H and O–H groups in total. The lowest BCUT2D eigenvalue weighted by Crippen LogP contribution is -2.21. The second-order valence-corrected chi connectivity index (χ2v) is 4.36. The Morgan fingerprint density at radius 2 is 1.82 bits per heavy atom. The Morgan fingerprint density at radius 1 is 1.18 bits per heavy atom. The molecule has 0 saturated carbocycles. The van der Waals surface area contributed by atoms with Crippen molar-refractivity contribution in [3.8, 4) is 0 Å². The van der Waals surface area contributed by atoms with Crippen LogP contribution in [0.15, 0.2) is 30.0 Å². The van der Waals surface area contributed by atoms with E-state index in [2.05, 4.69) is 10.6 Å². The van der Waals surface area contributed by atoms with E-state index in [4.69, 9.17) is 12.2 Å². The standard InChI is InChI=1S/C12H13N3OS/c1-15(2)9-5-3-8(4-6-9)7-10-11(16)14-12(17)13-10/h3-7H,1-2H3,(H2,13,14,16,17)/b10-7+. The van der Waals surface area contributed by atoms with E-state index in [0.29, 0.717) is 10.8 Å².